The molecule has 0 radical (unpaired) electrons. The van der Waals surface area contributed by atoms with Crippen molar-refractivity contribution < 1.29 is 15.1 Å². The molecule has 1 aliphatic heterocycles. The molecule has 2 heterocycles. The second kappa shape index (κ2) is 16.8. The number of rotatable bonds is 20. The van der Waals surface area contributed by atoms with Crippen LogP contribution in [0.2, 0.25) is 0 Å². The average molecular weight is 535 g/mol. The Morgan fingerprint density at radius 2 is 1.16 bits per heavy atom. The van der Waals surface area contributed by atoms with Crippen molar-refractivity contribution in [3.8, 4) is 11.8 Å². The van der Waals surface area contributed by atoms with Gasteiger partial charge in [0, 0.05) is 28.7 Å². The highest BCUT2D eigenvalue weighted by atomic mass is 16.7. The van der Waals surface area contributed by atoms with Gasteiger partial charge in [-0.05, 0) is 59.8 Å². The quantitative estimate of drug-likeness (QED) is 0.163. The van der Waals surface area contributed by atoms with Gasteiger partial charge in [0.1, 0.15) is 0 Å². The number of nitrogens with zero attached hydrogens (tertiary/aromatic N) is 2. The number of hydrogen-bond donors (Lipinski definition) is 2. The molecule has 0 spiro atoms. The number of hydroxylamine groups is 2. The van der Waals surface area contributed by atoms with Crippen LogP contribution in [0.25, 0.3) is 0 Å². The van der Waals surface area contributed by atoms with Crippen LogP contribution in [0.4, 0.5) is 0 Å². The van der Waals surface area contributed by atoms with Crippen LogP contribution in [0, 0.1) is 0 Å². The van der Waals surface area contributed by atoms with Gasteiger partial charge in [0.05, 0.1) is 6.61 Å². The van der Waals surface area contributed by atoms with Crippen molar-refractivity contribution in [3.05, 3.63) is 11.6 Å². The fraction of sp³-hybridized carbons (Fsp3) is 0.879. The third-order valence-electron chi connectivity index (χ3n) is 8.52. The second-order valence-electron chi connectivity index (χ2n) is 13.2. The van der Waals surface area contributed by atoms with Gasteiger partial charge in [-0.25, -0.2) is 0 Å². The second-order valence-corrected chi connectivity index (χ2v) is 13.2. The number of piperidine rings is 1. The summed E-state index contributed by atoms with van der Waals surface area (Å²) in [6, 6.07) is 1.83. The molecule has 0 atom stereocenters. The molecular formula is C33H62N2O3. The lowest BCUT2D eigenvalue weighted by atomic mass is 9.78. The molecule has 2 rings (SSSR count). The molecule has 5 heteroatoms. The normalized spacial score (nSPS) is 17.8. The Morgan fingerprint density at radius 1 is 0.711 bits per heavy atom. The Balaban J connectivity index is 1.84. The Morgan fingerprint density at radius 3 is 1.66 bits per heavy atom. The predicted octanol–water partition coefficient (Wildman–Crippen LogP) is 9.85. The number of aromatic nitrogens is 1. The van der Waals surface area contributed by atoms with Gasteiger partial charge in [0.25, 0.3) is 0 Å². The van der Waals surface area contributed by atoms with Crippen LogP contribution in [-0.4, -0.2) is 37.5 Å². The van der Waals surface area contributed by atoms with Crippen LogP contribution in [0.15, 0.2) is 6.07 Å². The van der Waals surface area contributed by atoms with E-state index in [0.29, 0.717) is 0 Å². The van der Waals surface area contributed by atoms with E-state index in [1.165, 1.54) is 89.9 Å². The fourth-order valence-electron chi connectivity index (χ4n) is 6.68. The van der Waals surface area contributed by atoms with E-state index in [-0.39, 0.29) is 28.9 Å². The molecule has 0 aromatic carbocycles. The Bertz CT molecular complexity index is 753. The lowest BCUT2D eigenvalue weighted by Crippen LogP contribution is -2.60. The zero-order valence-electron chi connectivity index (χ0n) is 26.0. The molecule has 1 saturated heterocycles. The van der Waals surface area contributed by atoms with Gasteiger partial charge < -0.3 is 10.2 Å². The minimum absolute atomic E-state index is 0.0374. The van der Waals surface area contributed by atoms with E-state index in [1.807, 2.05) is 0 Å². The van der Waals surface area contributed by atoms with E-state index < -0.39 is 0 Å². The zero-order valence-corrected chi connectivity index (χ0v) is 26.0. The Labute approximate surface area is 235 Å². The predicted molar refractivity (Wildman–Crippen MR) is 161 cm³/mol. The summed E-state index contributed by atoms with van der Waals surface area (Å²) < 4.78 is 1.79. The molecule has 0 aliphatic carbocycles. The van der Waals surface area contributed by atoms with Crippen molar-refractivity contribution in [1.29, 1.82) is 0 Å². The smallest absolute Gasteiger partial charge is 0.197 e. The monoisotopic (exact) mass is 534 g/mol. The Kier molecular flexibility index (Phi) is 14.6. The van der Waals surface area contributed by atoms with E-state index in [1.54, 1.807) is 10.6 Å². The van der Waals surface area contributed by atoms with Crippen molar-refractivity contribution in [1.82, 2.24) is 9.63 Å². The molecule has 1 aromatic rings. The van der Waals surface area contributed by atoms with Crippen LogP contribution >= 0.6 is 0 Å². The number of unbranched alkanes of at least 4 members (excludes halogenated alkanes) is 14. The molecule has 0 saturated carbocycles. The largest absolute Gasteiger partial charge is 0.494 e. The van der Waals surface area contributed by atoms with Crippen LogP contribution in [0.3, 0.4) is 0 Å². The lowest BCUT2D eigenvalue weighted by Gasteiger charge is -2.54. The molecule has 222 valence electrons. The van der Waals surface area contributed by atoms with Gasteiger partial charge in [-0.2, -0.15) is 5.06 Å². The van der Waals surface area contributed by atoms with Crippen LogP contribution < -0.4 is 0 Å². The van der Waals surface area contributed by atoms with Gasteiger partial charge in [-0.1, -0.05) is 104 Å². The van der Waals surface area contributed by atoms with Crippen LogP contribution in [0.1, 0.15) is 169 Å². The maximum absolute atomic E-state index is 11.1. The highest BCUT2D eigenvalue weighted by molar-refractivity contribution is 5.36. The summed E-state index contributed by atoms with van der Waals surface area (Å²) in [6.07, 6.45) is 23.0. The van der Waals surface area contributed by atoms with E-state index in [9.17, 15) is 10.2 Å². The third-order valence-corrected chi connectivity index (χ3v) is 8.52. The summed E-state index contributed by atoms with van der Waals surface area (Å²) in [4.78, 5) is 6.39. The summed E-state index contributed by atoms with van der Waals surface area (Å²) in [7, 11) is 0. The Hall–Kier alpha value is -1.20. The van der Waals surface area contributed by atoms with Gasteiger partial charge in [-0.15, -0.1) is 0 Å². The van der Waals surface area contributed by atoms with Crippen molar-refractivity contribution in [2.45, 2.75) is 181 Å². The van der Waals surface area contributed by atoms with E-state index >= 15 is 0 Å². The third kappa shape index (κ3) is 10.4. The summed E-state index contributed by atoms with van der Waals surface area (Å²) in [5, 5.41) is 24.2. The van der Waals surface area contributed by atoms with E-state index in [2.05, 4.69) is 46.6 Å². The molecule has 0 unspecified atom stereocenters. The molecule has 1 fully saturated rings. The average Bonchev–Trinajstić information content (AvgIpc) is 3.13. The highest BCUT2D eigenvalue weighted by Crippen LogP contribution is 2.47. The first-order valence-electron chi connectivity index (χ1n) is 16.2. The summed E-state index contributed by atoms with van der Waals surface area (Å²) in [6.45, 7) is 14.2. The zero-order chi connectivity index (χ0) is 28.0. The fourth-order valence-corrected chi connectivity index (χ4v) is 6.68. The van der Waals surface area contributed by atoms with Crippen molar-refractivity contribution in [2.75, 3.05) is 6.61 Å². The number of aryl methyl sites for hydroxylation is 1. The van der Waals surface area contributed by atoms with Crippen molar-refractivity contribution >= 4 is 0 Å². The number of hydrogen-bond acceptors (Lipinski definition) is 4. The summed E-state index contributed by atoms with van der Waals surface area (Å²) in [5.74, 6) is 0.457. The highest BCUT2D eigenvalue weighted by Gasteiger charge is 2.48. The van der Waals surface area contributed by atoms with Crippen molar-refractivity contribution in [3.63, 3.8) is 0 Å². The van der Waals surface area contributed by atoms with Crippen LogP contribution in [0.5, 0.6) is 11.8 Å². The van der Waals surface area contributed by atoms with Gasteiger partial charge in [0.15, 0.2) is 11.8 Å². The number of aromatic hydroxyl groups is 2. The maximum Gasteiger partial charge on any atom is 0.197 e. The molecule has 0 amide bonds. The molecule has 5 nitrogen and oxygen atoms in total. The van der Waals surface area contributed by atoms with Crippen molar-refractivity contribution in [2.24, 2.45) is 0 Å². The van der Waals surface area contributed by atoms with Gasteiger partial charge >= 0.3 is 0 Å². The first kappa shape index (κ1) is 33.0. The minimum Gasteiger partial charge on any atom is -0.494 e. The van der Waals surface area contributed by atoms with Gasteiger partial charge in [-0.3, -0.25) is 9.40 Å². The van der Waals surface area contributed by atoms with Crippen LogP contribution in [-0.2, 0) is 11.3 Å². The molecule has 38 heavy (non-hydrogen) atoms. The van der Waals surface area contributed by atoms with Gasteiger partial charge in [0.2, 0.25) is 0 Å². The molecular weight excluding hydrogens is 472 g/mol. The molecule has 1 aromatic heterocycles. The lowest BCUT2D eigenvalue weighted by molar-refractivity contribution is -0.286. The summed E-state index contributed by atoms with van der Waals surface area (Å²) >= 11 is 0. The van der Waals surface area contributed by atoms with E-state index in [4.69, 9.17) is 4.84 Å². The molecule has 0 bridgehead atoms. The standard InChI is InChI=1S/C33H62N2O3/c1-7-9-11-13-15-16-17-18-19-21-23-28-25-30(36)34(31(28)37)29-26-32(3,4)35(33(5,6)27-29)38-24-22-20-14-12-10-8-2/h25,29,36-37H,7-24,26-27H2,1-6H3. The first-order chi connectivity index (χ1) is 18.1. The van der Waals surface area contributed by atoms with E-state index in [0.717, 1.165) is 44.3 Å². The molecule has 2 N–H and O–H groups in total. The topological polar surface area (TPSA) is 57.9 Å². The summed E-state index contributed by atoms with van der Waals surface area (Å²) in [5.41, 5.74) is 0.489. The molecule has 1 aliphatic rings. The minimum atomic E-state index is -0.200. The maximum atomic E-state index is 11.1. The SMILES string of the molecule is CCCCCCCCCCCCc1cc(O)n(C2CC(C)(C)N(OCCCCCCCC)C(C)(C)C2)c1O. The first-order valence-corrected chi connectivity index (χ1v) is 16.2.